The standard InChI is InChI=1S/C14H20BrN3O3/c1-20-12-6-10(15)13(21-2)5-9(12)8-18-4-3-17-7-11(18)14(16)19/h5-6,11,17H,3-4,7-8H2,1-2H3,(H2,16,19). The molecule has 1 aromatic rings. The summed E-state index contributed by atoms with van der Waals surface area (Å²) in [4.78, 5) is 13.6. The van der Waals surface area contributed by atoms with Crippen LogP contribution in [0.2, 0.25) is 0 Å². The van der Waals surface area contributed by atoms with Crippen LogP contribution in [0.15, 0.2) is 16.6 Å². The van der Waals surface area contributed by atoms with E-state index in [9.17, 15) is 4.79 Å². The maximum atomic E-state index is 11.6. The van der Waals surface area contributed by atoms with Gasteiger partial charge in [-0.1, -0.05) is 0 Å². The summed E-state index contributed by atoms with van der Waals surface area (Å²) in [6.45, 7) is 2.75. The van der Waals surface area contributed by atoms with Crippen LogP contribution in [0.1, 0.15) is 5.56 Å². The number of piperazine rings is 1. The number of halogens is 1. The first-order valence-electron chi connectivity index (χ1n) is 6.71. The minimum atomic E-state index is -0.315. The van der Waals surface area contributed by atoms with E-state index in [1.807, 2.05) is 12.1 Å². The minimum Gasteiger partial charge on any atom is -0.496 e. The highest BCUT2D eigenvalue weighted by molar-refractivity contribution is 9.10. The van der Waals surface area contributed by atoms with E-state index in [1.54, 1.807) is 14.2 Å². The number of ether oxygens (including phenoxy) is 2. The molecule has 1 aliphatic rings. The van der Waals surface area contributed by atoms with Crippen molar-refractivity contribution in [2.45, 2.75) is 12.6 Å². The molecule has 6 nitrogen and oxygen atoms in total. The fraction of sp³-hybridized carbons (Fsp3) is 0.500. The molecule has 1 atom stereocenters. The van der Waals surface area contributed by atoms with E-state index >= 15 is 0 Å². The third kappa shape index (κ3) is 3.66. The summed E-state index contributed by atoms with van der Waals surface area (Å²) >= 11 is 3.44. The maximum Gasteiger partial charge on any atom is 0.236 e. The number of hydrogen-bond acceptors (Lipinski definition) is 5. The second kappa shape index (κ2) is 7.11. The predicted octanol–water partition coefficient (Wildman–Crippen LogP) is 0.725. The van der Waals surface area contributed by atoms with Crippen molar-refractivity contribution in [1.82, 2.24) is 10.2 Å². The van der Waals surface area contributed by atoms with Crippen molar-refractivity contribution < 1.29 is 14.3 Å². The van der Waals surface area contributed by atoms with Crippen LogP contribution in [0.5, 0.6) is 11.5 Å². The molecule has 0 radical (unpaired) electrons. The average Bonchev–Trinajstić information content (AvgIpc) is 2.48. The molecule has 0 saturated carbocycles. The Morgan fingerprint density at radius 1 is 1.43 bits per heavy atom. The monoisotopic (exact) mass is 357 g/mol. The molecule has 1 fully saturated rings. The number of primary amides is 1. The van der Waals surface area contributed by atoms with Gasteiger partial charge in [-0.3, -0.25) is 9.69 Å². The summed E-state index contributed by atoms with van der Waals surface area (Å²) in [6, 6.07) is 3.48. The number of rotatable bonds is 5. The van der Waals surface area contributed by atoms with Crippen molar-refractivity contribution in [3.63, 3.8) is 0 Å². The fourth-order valence-corrected chi connectivity index (χ4v) is 2.97. The lowest BCUT2D eigenvalue weighted by Gasteiger charge is -2.34. The SMILES string of the molecule is COc1cc(CN2CCNCC2C(N)=O)c(OC)cc1Br. The van der Waals surface area contributed by atoms with Crippen LogP contribution in [-0.4, -0.2) is 50.7 Å². The third-order valence-corrected chi connectivity index (χ3v) is 4.23. The van der Waals surface area contributed by atoms with E-state index in [0.29, 0.717) is 13.1 Å². The summed E-state index contributed by atoms with van der Waals surface area (Å²) in [6.07, 6.45) is 0. The van der Waals surface area contributed by atoms with Gasteiger partial charge >= 0.3 is 0 Å². The Bertz CT molecular complexity index is 524. The van der Waals surface area contributed by atoms with Crippen molar-refractivity contribution in [2.24, 2.45) is 5.73 Å². The third-order valence-electron chi connectivity index (χ3n) is 3.61. The maximum absolute atomic E-state index is 11.6. The second-order valence-corrected chi connectivity index (χ2v) is 5.75. The molecule has 0 aliphatic carbocycles. The van der Waals surface area contributed by atoms with Gasteiger partial charge in [0.2, 0.25) is 5.91 Å². The molecule has 0 bridgehead atoms. The summed E-state index contributed by atoms with van der Waals surface area (Å²) in [5.41, 5.74) is 6.44. The molecule has 2 rings (SSSR count). The Labute approximate surface area is 132 Å². The highest BCUT2D eigenvalue weighted by atomic mass is 79.9. The average molecular weight is 358 g/mol. The Balaban J connectivity index is 2.26. The summed E-state index contributed by atoms with van der Waals surface area (Å²) in [7, 11) is 3.24. The molecular formula is C14H20BrN3O3. The molecule has 1 saturated heterocycles. The van der Waals surface area contributed by atoms with Crippen LogP contribution in [0.4, 0.5) is 0 Å². The smallest absolute Gasteiger partial charge is 0.236 e. The van der Waals surface area contributed by atoms with Crippen LogP contribution in [-0.2, 0) is 11.3 Å². The summed E-state index contributed by atoms with van der Waals surface area (Å²) < 4.78 is 11.6. The van der Waals surface area contributed by atoms with Gasteiger partial charge in [-0.15, -0.1) is 0 Å². The van der Waals surface area contributed by atoms with Gasteiger partial charge in [-0.2, -0.15) is 0 Å². The number of nitrogens with one attached hydrogen (secondary N) is 1. The largest absolute Gasteiger partial charge is 0.496 e. The minimum absolute atomic E-state index is 0.307. The zero-order valence-corrected chi connectivity index (χ0v) is 13.8. The van der Waals surface area contributed by atoms with E-state index in [2.05, 4.69) is 26.1 Å². The lowest BCUT2D eigenvalue weighted by molar-refractivity contribution is -0.124. The first kappa shape index (κ1) is 16.1. The Morgan fingerprint density at radius 3 is 2.76 bits per heavy atom. The van der Waals surface area contributed by atoms with E-state index in [1.165, 1.54) is 0 Å². The van der Waals surface area contributed by atoms with Crippen molar-refractivity contribution in [3.05, 3.63) is 22.2 Å². The highest BCUT2D eigenvalue weighted by Crippen LogP contribution is 2.33. The topological polar surface area (TPSA) is 76.8 Å². The summed E-state index contributed by atoms with van der Waals surface area (Å²) in [5.74, 6) is 1.17. The number of hydrogen-bond donors (Lipinski definition) is 2. The number of nitrogens with two attached hydrogens (primary N) is 1. The van der Waals surface area contributed by atoms with Gasteiger partial charge in [0.05, 0.1) is 18.7 Å². The van der Waals surface area contributed by atoms with Gasteiger partial charge < -0.3 is 20.5 Å². The van der Waals surface area contributed by atoms with Gasteiger partial charge in [-0.25, -0.2) is 0 Å². The molecule has 0 aromatic heterocycles. The lowest BCUT2D eigenvalue weighted by atomic mass is 10.1. The van der Waals surface area contributed by atoms with Gasteiger partial charge in [0.15, 0.2) is 0 Å². The lowest BCUT2D eigenvalue weighted by Crippen LogP contribution is -2.56. The van der Waals surface area contributed by atoms with Crippen LogP contribution >= 0.6 is 15.9 Å². The van der Waals surface area contributed by atoms with Crippen molar-refractivity contribution in [1.29, 1.82) is 0 Å². The molecule has 1 unspecified atom stereocenters. The molecule has 1 heterocycles. The first-order valence-corrected chi connectivity index (χ1v) is 7.50. The number of carbonyl (C=O) groups excluding carboxylic acids is 1. The van der Waals surface area contributed by atoms with Crippen LogP contribution in [0.3, 0.4) is 0 Å². The van der Waals surface area contributed by atoms with Crippen LogP contribution in [0.25, 0.3) is 0 Å². The molecule has 0 spiro atoms. The van der Waals surface area contributed by atoms with E-state index in [0.717, 1.165) is 34.6 Å². The molecule has 3 N–H and O–H groups in total. The Morgan fingerprint density at radius 2 is 2.14 bits per heavy atom. The molecule has 1 aromatic carbocycles. The number of benzene rings is 1. The molecule has 116 valence electrons. The molecule has 1 aliphatic heterocycles. The first-order chi connectivity index (χ1) is 10.1. The number of nitrogens with zero attached hydrogens (tertiary/aromatic N) is 1. The molecule has 7 heteroatoms. The van der Waals surface area contributed by atoms with E-state index in [-0.39, 0.29) is 11.9 Å². The quantitative estimate of drug-likeness (QED) is 0.812. The normalized spacial score (nSPS) is 19.3. The van der Waals surface area contributed by atoms with E-state index in [4.69, 9.17) is 15.2 Å². The molecule has 21 heavy (non-hydrogen) atoms. The van der Waals surface area contributed by atoms with Crippen molar-refractivity contribution >= 4 is 21.8 Å². The predicted molar refractivity (Wildman–Crippen MR) is 83.5 cm³/mol. The zero-order valence-electron chi connectivity index (χ0n) is 12.2. The van der Waals surface area contributed by atoms with Crippen LogP contribution in [0, 0.1) is 0 Å². The van der Waals surface area contributed by atoms with Gasteiger partial charge in [-0.05, 0) is 28.1 Å². The highest BCUT2D eigenvalue weighted by Gasteiger charge is 2.27. The zero-order chi connectivity index (χ0) is 15.4. The van der Waals surface area contributed by atoms with Gasteiger partial charge in [0, 0.05) is 31.7 Å². The summed E-state index contributed by atoms with van der Waals surface area (Å²) in [5, 5.41) is 3.19. The van der Waals surface area contributed by atoms with Crippen LogP contribution < -0.4 is 20.5 Å². The molecule has 1 amide bonds. The number of amides is 1. The van der Waals surface area contributed by atoms with Crippen molar-refractivity contribution in [2.75, 3.05) is 33.9 Å². The fourth-order valence-electron chi connectivity index (χ4n) is 2.48. The van der Waals surface area contributed by atoms with E-state index < -0.39 is 0 Å². The van der Waals surface area contributed by atoms with Crippen molar-refractivity contribution in [3.8, 4) is 11.5 Å². The molecular weight excluding hydrogens is 338 g/mol. The number of carbonyl (C=O) groups is 1. The van der Waals surface area contributed by atoms with Gasteiger partial charge in [0.1, 0.15) is 17.5 Å². The Kier molecular flexibility index (Phi) is 5.44. The Hall–Kier alpha value is -1.31. The van der Waals surface area contributed by atoms with Gasteiger partial charge in [0.25, 0.3) is 0 Å². The number of methoxy groups -OCH3 is 2. The second-order valence-electron chi connectivity index (χ2n) is 4.89.